The van der Waals surface area contributed by atoms with Crippen LogP contribution < -0.4 is 4.90 Å². The van der Waals surface area contributed by atoms with Crippen LogP contribution >= 0.6 is 23.2 Å². The number of hydrogen-bond acceptors (Lipinski definition) is 4. The summed E-state index contributed by atoms with van der Waals surface area (Å²) in [5, 5.41) is 11.9. The fraction of sp³-hybridized carbons (Fsp3) is 0.0870. The van der Waals surface area contributed by atoms with Gasteiger partial charge in [0, 0.05) is 27.5 Å². The molecule has 0 aliphatic carbocycles. The van der Waals surface area contributed by atoms with Gasteiger partial charge in [0.05, 0.1) is 11.3 Å². The van der Waals surface area contributed by atoms with E-state index in [0.29, 0.717) is 32.6 Å². The fourth-order valence-electron chi connectivity index (χ4n) is 3.55. The van der Waals surface area contributed by atoms with Crippen LogP contribution in [0.5, 0.6) is 0 Å². The second-order valence-corrected chi connectivity index (χ2v) is 7.66. The van der Waals surface area contributed by atoms with Crippen molar-refractivity contribution in [2.75, 3.05) is 4.90 Å². The molecule has 1 atom stereocenters. The van der Waals surface area contributed by atoms with Crippen LogP contribution in [0.2, 0.25) is 10.0 Å². The number of halogens is 2. The molecule has 0 radical (unpaired) electrons. The molecule has 1 aromatic heterocycles. The number of pyridine rings is 1. The fourth-order valence-corrected chi connectivity index (χ4v) is 3.91. The van der Waals surface area contributed by atoms with Gasteiger partial charge in [-0.2, -0.15) is 0 Å². The van der Waals surface area contributed by atoms with Gasteiger partial charge in [-0.1, -0.05) is 47.5 Å². The van der Waals surface area contributed by atoms with Crippen LogP contribution in [0.1, 0.15) is 22.9 Å². The maximum atomic E-state index is 13.1. The molecule has 2 heterocycles. The Balaban J connectivity index is 1.99. The van der Waals surface area contributed by atoms with Gasteiger partial charge in [-0.15, -0.1) is 0 Å². The third kappa shape index (κ3) is 3.36. The van der Waals surface area contributed by atoms with E-state index < -0.39 is 17.7 Å². The lowest BCUT2D eigenvalue weighted by atomic mass is 9.98. The van der Waals surface area contributed by atoms with Gasteiger partial charge >= 0.3 is 0 Å². The molecule has 150 valence electrons. The predicted octanol–water partition coefficient (Wildman–Crippen LogP) is 5.32. The summed E-state index contributed by atoms with van der Waals surface area (Å²) in [6.45, 7) is 1.77. The molecule has 7 heteroatoms. The first-order chi connectivity index (χ1) is 14.4. The van der Waals surface area contributed by atoms with E-state index in [2.05, 4.69) is 4.98 Å². The summed E-state index contributed by atoms with van der Waals surface area (Å²) in [6, 6.07) is 15.9. The molecule has 1 aliphatic heterocycles. The molecular formula is C23H16Cl2N2O3. The Labute approximate surface area is 183 Å². The minimum absolute atomic E-state index is 0.0552. The molecule has 1 fully saturated rings. The maximum Gasteiger partial charge on any atom is 0.300 e. The van der Waals surface area contributed by atoms with Crippen molar-refractivity contribution in [1.82, 2.24) is 4.98 Å². The monoisotopic (exact) mass is 438 g/mol. The Bertz CT molecular complexity index is 1190. The van der Waals surface area contributed by atoms with Gasteiger partial charge in [0.15, 0.2) is 0 Å². The van der Waals surface area contributed by atoms with Gasteiger partial charge in [0.1, 0.15) is 11.8 Å². The number of ketones is 1. The Morgan fingerprint density at radius 3 is 2.50 bits per heavy atom. The van der Waals surface area contributed by atoms with E-state index in [1.54, 1.807) is 67.7 Å². The normalized spacial score (nSPS) is 18.1. The molecule has 1 saturated heterocycles. The number of benzene rings is 2. The zero-order chi connectivity index (χ0) is 21.4. The summed E-state index contributed by atoms with van der Waals surface area (Å²) in [7, 11) is 0. The van der Waals surface area contributed by atoms with Crippen LogP contribution in [0.3, 0.4) is 0 Å². The molecular weight excluding hydrogens is 423 g/mol. The lowest BCUT2D eigenvalue weighted by Crippen LogP contribution is -2.30. The van der Waals surface area contributed by atoms with E-state index in [1.165, 1.54) is 11.0 Å². The minimum atomic E-state index is -0.914. The second kappa shape index (κ2) is 7.94. The lowest BCUT2D eigenvalue weighted by molar-refractivity contribution is -0.132. The van der Waals surface area contributed by atoms with E-state index in [0.717, 1.165) is 0 Å². The Hall–Kier alpha value is -3.15. The van der Waals surface area contributed by atoms with Crippen LogP contribution in [0, 0.1) is 6.92 Å². The largest absolute Gasteiger partial charge is 0.507 e. The average molecular weight is 439 g/mol. The first kappa shape index (κ1) is 20.1. The third-order valence-corrected chi connectivity index (χ3v) is 5.65. The Morgan fingerprint density at radius 2 is 1.80 bits per heavy atom. The van der Waals surface area contributed by atoms with Crippen LogP contribution in [0.25, 0.3) is 5.76 Å². The number of nitrogens with zero attached hydrogens (tertiary/aromatic N) is 2. The SMILES string of the molecule is Cc1c(Cl)cccc1N1C(=O)C(=O)/C(=C(/O)c2cccc(Cl)c2)C1c1ccccn1. The van der Waals surface area contributed by atoms with Gasteiger partial charge < -0.3 is 5.11 Å². The zero-order valence-corrected chi connectivity index (χ0v) is 17.4. The first-order valence-electron chi connectivity index (χ1n) is 9.13. The summed E-state index contributed by atoms with van der Waals surface area (Å²) in [6.07, 6.45) is 1.57. The second-order valence-electron chi connectivity index (χ2n) is 6.82. The summed E-state index contributed by atoms with van der Waals surface area (Å²) in [5.74, 6) is -1.88. The standard InChI is InChI=1S/C23H16Cl2N2O3/c1-13-16(25)8-5-10-18(13)27-20(17-9-2-3-11-26-17)19(22(29)23(27)30)21(28)14-6-4-7-15(24)12-14/h2-12,20,28H,1H3/b21-19+. The highest BCUT2D eigenvalue weighted by Gasteiger charge is 2.48. The first-order valence-corrected chi connectivity index (χ1v) is 9.88. The number of aliphatic hydroxyl groups excluding tert-OH is 1. The van der Waals surface area contributed by atoms with Crippen molar-refractivity contribution in [2.45, 2.75) is 13.0 Å². The quantitative estimate of drug-likeness (QED) is 0.341. The van der Waals surface area contributed by atoms with E-state index in [1.807, 2.05) is 0 Å². The summed E-state index contributed by atoms with van der Waals surface area (Å²) < 4.78 is 0. The number of carbonyl (C=O) groups excluding carboxylic acids is 2. The van der Waals surface area contributed by atoms with Crippen molar-refractivity contribution in [3.05, 3.63) is 99.3 Å². The van der Waals surface area contributed by atoms with Gasteiger partial charge in [-0.05, 0) is 48.9 Å². The molecule has 0 spiro atoms. The van der Waals surface area contributed by atoms with Crippen molar-refractivity contribution in [2.24, 2.45) is 0 Å². The molecule has 30 heavy (non-hydrogen) atoms. The van der Waals surface area contributed by atoms with Crippen molar-refractivity contribution >= 4 is 46.3 Å². The minimum Gasteiger partial charge on any atom is -0.507 e. The molecule has 0 bridgehead atoms. The number of amides is 1. The van der Waals surface area contributed by atoms with Gasteiger partial charge in [0.25, 0.3) is 11.7 Å². The molecule has 1 unspecified atom stereocenters. The lowest BCUT2D eigenvalue weighted by Gasteiger charge is -2.26. The summed E-state index contributed by atoms with van der Waals surface area (Å²) in [4.78, 5) is 31.9. The number of rotatable bonds is 3. The summed E-state index contributed by atoms with van der Waals surface area (Å²) >= 11 is 12.3. The number of carbonyl (C=O) groups is 2. The number of aromatic nitrogens is 1. The molecule has 4 rings (SSSR count). The molecule has 1 N–H and O–H groups in total. The highest BCUT2D eigenvalue weighted by atomic mass is 35.5. The van der Waals surface area contributed by atoms with E-state index in [4.69, 9.17) is 23.2 Å². The zero-order valence-electron chi connectivity index (χ0n) is 15.8. The van der Waals surface area contributed by atoms with Gasteiger partial charge in [0.2, 0.25) is 0 Å². The van der Waals surface area contributed by atoms with Crippen LogP contribution in [0.15, 0.2) is 72.4 Å². The molecule has 3 aromatic rings. The molecule has 5 nitrogen and oxygen atoms in total. The van der Waals surface area contributed by atoms with Crippen molar-refractivity contribution in [3.63, 3.8) is 0 Å². The predicted molar refractivity (Wildman–Crippen MR) is 117 cm³/mol. The maximum absolute atomic E-state index is 13.1. The highest BCUT2D eigenvalue weighted by Crippen LogP contribution is 2.43. The number of aliphatic hydroxyl groups is 1. The highest BCUT2D eigenvalue weighted by molar-refractivity contribution is 6.52. The van der Waals surface area contributed by atoms with E-state index in [9.17, 15) is 14.7 Å². The molecule has 2 aromatic carbocycles. The van der Waals surface area contributed by atoms with Crippen LogP contribution in [0.4, 0.5) is 5.69 Å². The topological polar surface area (TPSA) is 70.5 Å². The molecule has 1 amide bonds. The average Bonchev–Trinajstić information content (AvgIpc) is 3.01. The number of Topliss-reactive ketones (excluding diaryl/α,β-unsaturated/α-hetero) is 1. The molecule has 0 saturated carbocycles. The van der Waals surface area contributed by atoms with E-state index in [-0.39, 0.29) is 11.3 Å². The van der Waals surface area contributed by atoms with Crippen LogP contribution in [-0.2, 0) is 9.59 Å². The van der Waals surface area contributed by atoms with Crippen molar-refractivity contribution in [1.29, 1.82) is 0 Å². The van der Waals surface area contributed by atoms with Crippen molar-refractivity contribution in [3.8, 4) is 0 Å². The smallest absolute Gasteiger partial charge is 0.300 e. The van der Waals surface area contributed by atoms with Gasteiger partial charge in [-0.25, -0.2) is 0 Å². The van der Waals surface area contributed by atoms with Crippen molar-refractivity contribution < 1.29 is 14.7 Å². The molecule has 1 aliphatic rings. The Kier molecular flexibility index (Phi) is 5.33. The Morgan fingerprint density at radius 1 is 1.03 bits per heavy atom. The van der Waals surface area contributed by atoms with Gasteiger partial charge in [-0.3, -0.25) is 19.5 Å². The van der Waals surface area contributed by atoms with E-state index >= 15 is 0 Å². The number of anilines is 1. The number of hydrogen-bond donors (Lipinski definition) is 1. The summed E-state index contributed by atoms with van der Waals surface area (Å²) in [5.41, 5.74) is 1.85. The third-order valence-electron chi connectivity index (χ3n) is 5.01. The van der Waals surface area contributed by atoms with Crippen LogP contribution in [-0.4, -0.2) is 21.8 Å².